The van der Waals surface area contributed by atoms with Gasteiger partial charge in [-0.15, -0.1) is 0 Å². The van der Waals surface area contributed by atoms with E-state index < -0.39 is 6.10 Å². The fraction of sp³-hybridized carbons (Fsp3) is 0.696. The second-order valence-electron chi connectivity index (χ2n) is 16.7. The highest BCUT2D eigenvalue weighted by molar-refractivity contribution is 5.71. The van der Waals surface area contributed by atoms with Gasteiger partial charge in [-0.05, 0) is 89.9 Å². The molecule has 0 heterocycles. The first-order valence-corrected chi connectivity index (χ1v) is 25.6. The summed E-state index contributed by atoms with van der Waals surface area (Å²) in [4.78, 5) is 37.8. The van der Waals surface area contributed by atoms with Gasteiger partial charge in [0.05, 0.1) is 0 Å². The predicted octanol–water partition coefficient (Wildman–Crippen LogP) is 16.8. The summed E-state index contributed by atoms with van der Waals surface area (Å²) < 4.78 is 16.7. The van der Waals surface area contributed by atoms with Crippen molar-refractivity contribution in [2.75, 3.05) is 13.2 Å². The average Bonchev–Trinajstić information content (AvgIpc) is 3.27. The summed E-state index contributed by atoms with van der Waals surface area (Å²) in [5, 5.41) is 0. The maximum Gasteiger partial charge on any atom is 0.306 e. The van der Waals surface area contributed by atoms with E-state index in [0.717, 1.165) is 83.5 Å². The van der Waals surface area contributed by atoms with E-state index in [2.05, 4.69) is 106 Å². The largest absolute Gasteiger partial charge is 0.462 e. The van der Waals surface area contributed by atoms with Gasteiger partial charge in [-0.25, -0.2) is 0 Å². The lowest BCUT2D eigenvalue weighted by molar-refractivity contribution is -0.167. The summed E-state index contributed by atoms with van der Waals surface area (Å²) >= 11 is 0. The Hall–Kier alpha value is -3.41. The predicted molar refractivity (Wildman–Crippen MR) is 265 cm³/mol. The Morgan fingerprint density at radius 2 is 0.645 bits per heavy atom. The van der Waals surface area contributed by atoms with Gasteiger partial charge in [0.15, 0.2) is 6.10 Å². The van der Waals surface area contributed by atoms with Gasteiger partial charge in [-0.2, -0.15) is 0 Å². The van der Waals surface area contributed by atoms with E-state index in [1.54, 1.807) is 0 Å². The fourth-order valence-electron chi connectivity index (χ4n) is 6.80. The molecule has 1 atom stereocenters. The molecule has 0 fully saturated rings. The summed E-state index contributed by atoms with van der Waals surface area (Å²) in [5.74, 6) is -0.969. The first-order valence-electron chi connectivity index (χ1n) is 25.6. The molecule has 0 aliphatic heterocycles. The summed E-state index contributed by atoms with van der Waals surface area (Å²) in [6.45, 7) is 6.41. The van der Waals surface area contributed by atoms with Crippen molar-refractivity contribution in [3.63, 3.8) is 0 Å². The van der Waals surface area contributed by atoms with E-state index in [1.807, 2.05) is 0 Å². The second-order valence-corrected chi connectivity index (χ2v) is 16.7. The van der Waals surface area contributed by atoms with Crippen LogP contribution in [0.5, 0.6) is 0 Å². The minimum absolute atomic E-state index is 0.100. The standard InChI is InChI=1S/C56H94O6/c1-4-7-10-13-16-19-21-23-25-27-28-30-31-33-35-37-40-43-46-49-55(58)61-52-53(51-60-54(57)48-45-42-39-18-15-12-9-6-3)62-56(59)50-47-44-41-38-36-34-32-29-26-24-22-20-17-14-11-8-5-2/h8,11,16-17,19-20,23-26,32,34,38,41,53H,4-7,9-10,12-15,18,21-22,27-31,33,35-37,39-40,42-52H2,1-3H3/b11-8-,19-16-,20-17-,25-23-,26-24-,34-32-,41-38-. The zero-order valence-corrected chi connectivity index (χ0v) is 40.4. The number of carbonyl (C=O) groups excluding carboxylic acids is 3. The zero-order chi connectivity index (χ0) is 45.1. The fourth-order valence-corrected chi connectivity index (χ4v) is 6.80. The van der Waals surface area contributed by atoms with Crippen LogP contribution >= 0.6 is 0 Å². The number of hydrogen-bond acceptors (Lipinski definition) is 6. The molecule has 0 aromatic carbocycles. The van der Waals surface area contributed by atoms with Crippen LogP contribution in [0, 0.1) is 0 Å². The average molecular weight is 863 g/mol. The highest BCUT2D eigenvalue weighted by Crippen LogP contribution is 2.14. The highest BCUT2D eigenvalue weighted by Gasteiger charge is 2.19. The molecule has 0 amide bonds. The van der Waals surface area contributed by atoms with Gasteiger partial charge >= 0.3 is 17.9 Å². The number of unbranched alkanes of at least 4 members (excludes halogenated alkanes) is 20. The van der Waals surface area contributed by atoms with Gasteiger partial charge < -0.3 is 14.2 Å². The molecular weight excluding hydrogens is 769 g/mol. The molecule has 62 heavy (non-hydrogen) atoms. The maximum atomic E-state index is 12.7. The summed E-state index contributed by atoms with van der Waals surface area (Å²) in [7, 11) is 0. The normalized spacial score (nSPS) is 12.8. The van der Waals surface area contributed by atoms with Crippen LogP contribution in [0.3, 0.4) is 0 Å². The summed E-state index contributed by atoms with van der Waals surface area (Å²) in [6, 6.07) is 0. The topological polar surface area (TPSA) is 78.9 Å². The maximum absolute atomic E-state index is 12.7. The molecule has 0 aromatic rings. The lowest BCUT2D eigenvalue weighted by Crippen LogP contribution is -2.30. The SMILES string of the molecule is CC/C=C\C/C=C\C/C=C\C/C=C\C/C=C\CCCC(=O)OC(COC(=O)CCCCCCCCCC)COC(=O)CCCCCCCCCCC/C=C\C/C=C\CCCCC. The van der Waals surface area contributed by atoms with E-state index in [4.69, 9.17) is 14.2 Å². The van der Waals surface area contributed by atoms with E-state index in [-0.39, 0.29) is 37.5 Å². The number of ether oxygens (including phenoxy) is 3. The minimum Gasteiger partial charge on any atom is -0.462 e. The molecule has 354 valence electrons. The molecule has 0 aromatic heterocycles. The Labute approximate surface area is 382 Å². The van der Waals surface area contributed by atoms with Crippen molar-refractivity contribution in [2.24, 2.45) is 0 Å². The van der Waals surface area contributed by atoms with Crippen LogP contribution in [-0.4, -0.2) is 37.2 Å². The molecule has 0 spiro atoms. The van der Waals surface area contributed by atoms with Gasteiger partial charge in [-0.1, -0.05) is 209 Å². The van der Waals surface area contributed by atoms with Gasteiger partial charge in [0.25, 0.3) is 0 Å². The summed E-state index contributed by atoms with van der Waals surface area (Å²) in [5.41, 5.74) is 0. The molecule has 0 radical (unpaired) electrons. The Balaban J connectivity index is 4.38. The van der Waals surface area contributed by atoms with E-state index in [1.165, 1.54) is 103 Å². The van der Waals surface area contributed by atoms with Gasteiger partial charge in [0.1, 0.15) is 13.2 Å². The lowest BCUT2D eigenvalue weighted by Gasteiger charge is -2.18. The van der Waals surface area contributed by atoms with Crippen molar-refractivity contribution in [3.8, 4) is 0 Å². The Kier molecular flexibility index (Phi) is 47.5. The van der Waals surface area contributed by atoms with Crippen molar-refractivity contribution >= 4 is 17.9 Å². The van der Waals surface area contributed by atoms with E-state index in [9.17, 15) is 14.4 Å². The van der Waals surface area contributed by atoms with Crippen LogP contribution in [0.25, 0.3) is 0 Å². The molecule has 0 aliphatic carbocycles. The molecule has 6 heteroatoms. The van der Waals surface area contributed by atoms with Crippen LogP contribution in [0.1, 0.15) is 233 Å². The molecular formula is C56H94O6. The zero-order valence-electron chi connectivity index (χ0n) is 40.4. The molecule has 0 aliphatic rings. The van der Waals surface area contributed by atoms with Crippen molar-refractivity contribution in [1.29, 1.82) is 0 Å². The first kappa shape index (κ1) is 58.6. The highest BCUT2D eigenvalue weighted by atomic mass is 16.6. The molecule has 0 saturated heterocycles. The third-order valence-electron chi connectivity index (χ3n) is 10.6. The van der Waals surface area contributed by atoms with Crippen molar-refractivity contribution in [3.05, 3.63) is 85.1 Å². The quantitative estimate of drug-likeness (QED) is 0.0263. The van der Waals surface area contributed by atoms with Crippen molar-refractivity contribution in [2.45, 2.75) is 239 Å². The molecule has 1 unspecified atom stereocenters. The van der Waals surface area contributed by atoms with E-state index in [0.29, 0.717) is 19.3 Å². The number of carbonyl (C=O) groups is 3. The Morgan fingerprint density at radius 1 is 0.339 bits per heavy atom. The smallest absolute Gasteiger partial charge is 0.306 e. The van der Waals surface area contributed by atoms with Gasteiger partial charge in [0.2, 0.25) is 0 Å². The monoisotopic (exact) mass is 863 g/mol. The lowest BCUT2D eigenvalue weighted by atomic mass is 10.1. The third-order valence-corrected chi connectivity index (χ3v) is 10.6. The molecule has 0 rings (SSSR count). The van der Waals surface area contributed by atoms with Crippen molar-refractivity contribution in [1.82, 2.24) is 0 Å². The first-order chi connectivity index (χ1) is 30.5. The van der Waals surface area contributed by atoms with Crippen LogP contribution in [0.4, 0.5) is 0 Å². The second kappa shape index (κ2) is 50.2. The van der Waals surface area contributed by atoms with Crippen molar-refractivity contribution < 1.29 is 28.6 Å². The van der Waals surface area contributed by atoms with Crippen LogP contribution < -0.4 is 0 Å². The number of hydrogen-bond donors (Lipinski definition) is 0. The molecule has 0 bridgehead atoms. The van der Waals surface area contributed by atoms with Gasteiger partial charge in [0, 0.05) is 19.3 Å². The molecule has 6 nitrogen and oxygen atoms in total. The number of allylic oxidation sites excluding steroid dienone is 14. The van der Waals surface area contributed by atoms with Crippen LogP contribution in [-0.2, 0) is 28.6 Å². The Morgan fingerprint density at radius 3 is 1.06 bits per heavy atom. The van der Waals surface area contributed by atoms with Crippen LogP contribution in [0.2, 0.25) is 0 Å². The summed E-state index contributed by atoms with van der Waals surface area (Å²) in [6.07, 6.45) is 64.4. The number of esters is 3. The van der Waals surface area contributed by atoms with Gasteiger partial charge in [-0.3, -0.25) is 14.4 Å². The molecule has 0 saturated carbocycles. The van der Waals surface area contributed by atoms with E-state index >= 15 is 0 Å². The Bertz CT molecular complexity index is 1220. The number of rotatable bonds is 45. The molecule has 0 N–H and O–H groups in total. The third kappa shape index (κ3) is 47.6. The minimum atomic E-state index is -0.805. The van der Waals surface area contributed by atoms with Crippen LogP contribution in [0.15, 0.2) is 85.1 Å².